The van der Waals surface area contributed by atoms with Crippen molar-refractivity contribution < 1.29 is 13.2 Å². The average molecular weight is 455 g/mol. The van der Waals surface area contributed by atoms with Crippen molar-refractivity contribution in [1.29, 1.82) is 0 Å². The minimum Gasteiger partial charge on any atom is -0.334 e. The molecule has 1 aliphatic heterocycles. The Morgan fingerprint density at radius 2 is 1.71 bits per heavy atom. The molecule has 0 bridgehead atoms. The molecule has 2 aromatic carbocycles. The lowest BCUT2D eigenvalue weighted by Gasteiger charge is -2.33. The first-order valence-electron chi connectivity index (χ1n) is 10.8. The number of hydrogen-bond donors (Lipinski definition) is 0. The third-order valence-corrected chi connectivity index (χ3v) is 9.09. The van der Waals surface area contributed by atoms with Gasteiger partial charge in [0.25, 0.3) is 0 Å². The van der Waals surface area contributed by atoms with Crippen molar-refractivity contribution in [2.24, 2.45) is 5.92 Å². The summed E-state index contributed by atoms with van der Waals surface area (Å²) in [6, 6.07) is 17.5. The van der Waals surface area contributed by atoms with Crippen LogP contribution >= 0.6 is 11.3 Å². The van der Waals surface area contributed by atoms with Gasteiger partial charge in [-0.3, -0.25) is 4.79 Å². The predicted octanol–water partition coefficient (Wildman–Crippen LogP) is 4.49. The standard InChI is InChI=1S/C24H26N2O3S2/c27-24(26(21-8-9-21)17-22-6-3-15-30-22)19-11-13-25(14-12-19)31(28,29)23-10-7-18-4-1-2-5-20(18)16-23/h1-7,10,15-16,19,21H,8-9,11-14,17H2. The highest BCUT2D eigenvalue weighted by Crippen LogP contribution is 2.33. The van der Waals surface area contributed by atoms with Crippen LogP contribution in [0.3, 0.4) is 0 Å². The number of fused-ring (bicyclic) bond motifs is 1. The number of carbonyl (C=O) groups is 1. The molecule has 0 unspecified atom stereocenters. The molecule has 31 heavy (non-hydrogen) atoms. The minimum absolute atomic E-state index is 0.0939. The summed E-state index contributed by atoms with van der Waals surface area (Å²) in [4.78, 5) is 16.8. The van der Waals surface area contributed by atoms with Crippen LogP contribution < -0.4 is 0 Å². The van der Waals surface area contributed by atoms with Crippen LogP contribution in [0.2, 0.25) is 0 Å². The van der Waals surface area contributed by atoms with Crippen LogP contribution in [-0.4, -0.2) is 42.7 Å². The summed E-state index contributed by atoms with van der Waals surface area (Å²) < 4.78 is 27.9. The topological polar surface area (TPSA) is 57.7 Å². The first kappa shape index (κ1) is 20.7. The minimum atomic E-state index is -3.56. The number of thiophene rings is 1. The molecule has 1 amide bonds. The second-order valence-electron chi connectivity index (χ2n) is 8.46. The molecule has 7 heteroatoms. The molecule has 2 fully saturated rings. The van der Waals surface area contributed by atoms with E-state index in [1.165, 1.54) is 4.88 Å². The molecule has 0 N–H and O–H groups in total. The highest BCUT2D eigenvalue weighted by Gasteiger charge is 2.38. The number of amides is 1. The lowest BCUT2D eigenvalue weighted by atomic mass is 9.96. The van der Waals surface area contributed by atoms with E-state index in [1.807, 2.05) is 46.7 Å². The molecule has 0 radical (unpaired) electrons. The van der Waals surface area contributed by atoms with Crippen molar-refractivity contribution in [3.63, 3.8) is 0 Å². The van der Waals surface area contributed by atoms with Crippen molar-refractivity contribution in [2.45, 2.75) is 43.2 Å². The Labute approximate surface area is 187 Å². The zero-order valence-electron chi connectivity index (χ0n) is 17.3. The third-order valence-electron chi connectivity index (χ3n) is 6.34. The molecule has 3 aromatic rings. The zero-order valence-corrected chi connectivity index (χ0v) is 18.9. The van der Waals surface area contributed by atoms with Gasteiger partial charge in [-0.15, -0.1) is 11.3 Å². The molecule has 1 aromatic heterocycles. The fourth-order valence-corrected chi connectivity index (χ4v) is 6.61. The quantitative estimate of drug-likeness (QED) is 0.551. The van der Waals surface area contributed by atoms with Crippen LogP contribution in [0.25, 0.3) is 10.8 Å². The van der Waals surface area contributed by atoms with Gasteiger partial charge in [0.15, 0.2) is 0 Å². The number of benzene rings is 2. The molecule has 162 valence electrons. The van der Waals surface area contributed by atoms with E-state index in [1.54, 1.807) is 27.8 Å². The first-order valence-corrected chi connectivity index (χ1v) is 13.2. The summed E-state index contributed by atoms with van der Waals surface area (Å²) in [7, 11) is -3.56. The molecule has 2 aliphatic rings. The second kappa shape index (κ2) is 8.37. The average Bonchev–Trinajstić information content (AvgIpc) is 3.51. The lowest BCUT2D eigenvalue weighted by molar-refractivity contribution is -0.138. The van der Waals surface area contributed by atoms with Gasteiger partial charge in [-0.05, 0) is 60.0 Å². The number of carbonyl (C=O) groups excluding carboxylic acids is 1. The van der Waals surface area contributed by atoms with Crippen LogP contribution in [-0.2, 0) is 21.4 Å². The van der Waals surface area contributed by atoms with Gasteiger partial charge in [0, 0.05) is 29.9 Å². The number of sulfonamides is 1. The Morgan fingerprint density at radius 3 is 2.39 bits per heavy atom. The Morgan fingerprint density at radius 1 is 0.968 bits per heavy atom. The van der Waals surface area contributed by atoms with Gasteiger partial charge >= 0.3 is 0 Å². The van der Waals surface area contributed by atoms with Crippen LogP contribution in [0.15, 0.2) is 64.9 Å². The molecule has 1 saturated carbocycles. The third kappa shape index (κ3) is 4.27. The molecule has 2 heterocycles. The van der Waals surface area contributed by atoms with E-state index in [0.29, 0.717) is 43.4 Å². The summed E-state index contributed by atoms with van der Waals surface area (Å²) in [6.07, 6.45) is 3.32. The van der Waals surface area contributed by atoms with Crippen molar-refractivity contribution in [1.82, 2.24) is 9.21 Å². The maximum absolute atomic E-state index is 13.2. The van der Waals surface area contributed by atoms with Crippen LogP contribution in [0.1, 0.15) is 30.6 Å². The summed E-state index contributed by atoms with van der Waals surface area (Å²) in [5.74, 6) is 0.0993. The first-order chi connectivity index (χ1) is 15.0. The molecular weight excluding hydrogens is 428 g/mol. The molecule has 1 saturated heterocycles. The second-order valence-corrected chi connectivity index (χ2v) is 11.4. The Bertz CT molecular complexity index is 1180. The lowest BCUT2D eigenvalue weighted by Crippen LogP contribution is -2.44. The summed E-state index contributed by atoms with van der Waals surface area (Å²) in [6.45, 7) is 1.46. The van der Waals surface area contributed by atoms with E-state index in [4.69, 9.17) is 0 Å². The highest BCUT2D eigenvalue weighted by atomic mass is 32.2. The maximum atomic E-state index is 13.2. The highest BCUT2D eigenvalue weighted by molar-refractivity contribution is 7.89. The van der Waals surface area contributed by atoms with E-state index in [0.717, 1.165) is 23.6 Å². The SMILES string of the molecule is O=C(C1CCN(S(=O)(=O)c2ccc3ccccc3c2)CC1)N(Cc1cccs1)C1CC1. The predicted molar refractivity (Wildman–Crippen MR) is 123 cm³/mol. The normalized spacial score (nSPS) is 18.3. The molecule has 1 aliphatic carbocycles. The molecular formula is C24H26N2O3S2. The van der Waals surface area contributed by atoms with Crippen molar-refractivity contribution in [3.05, 3.63) is 64.9 Å². The summed E-state index contributed by atoms with van der Waals surface area (Å²) in [5, 5.41) is 3.99. The molecule has 0 atom stereocenters. The van der Waals surface area contributed by atoms with Crippen LogP contribution in [0.5, 0.6) is 0 Å². The Kier molecular flexibility index (Phi) is 5.58. The monoisotopic (exact) mass is 454 g/mol. The largest absolute Gasteiger partial charge is 0.334 e. The number of nitrogens with zero attached hydrogens (tertiary/aromatic N) is 2. The van der Waals surface area contributed by atoms with E-state index < -0.39 is 10.0 Å². The van der Waals surface area contributed by atoms with Gasteiger partial charge in [0.1, 0.15) is 0 Å². The molecule has 5 rings (SSSR count). The fourth-order valence-electron chi connectivity index (χ4n) is 4.40. The fraction of sp³-hybridized carbons (Fsp3) is 0.375. The van der Waals surface area contributed by atoms with Gasteiger partial charge in [-0.2, -0.15) is 4.31 Å². The van der Waals surface area contributed by atoms with E-state index >= 15 is 0 Å². The molecule has 5 nitrogen and oxygen atoms in total. The molecule has 0 spiro atoms. The van der Waals surface area contributed by atoms with Gasteiger partial charge in [-0.25, -0.2) is 8.42 Å². The van der Waals surface area contributed by atoms with Gasteiger partial charge in [-0.1, -0.05) is 36.4 Å². The zero-order chi connectivity index (χ0) is 21.4. The smallest absolute Gasteiger partial charge is 0.243 e. The van der Waals surface area contributed by atoms with Gasteiger partial charge < -0.3 is 4.90 Å². The van der Waals surface area contributed by atoms with Crippen LogP contribution in [0.4, 0.5) is 0 Å². The maximum Gasteiger partial charge on any atom is 0.243 e. The van der Waals surface area contributed by atoms with Crippen molar-refractivity contribution in [2.75, 3.05) is 13.1 Å². The summed E-state index contributed by atoms with van der Waals surface area (Å²) >= 11 is 1.68. The van der Waals surface area contributed by atoms with Crippen molar-refractivity contribution in [3.8, 4) is 0 Å². The number of rotatable bonds is 6. The van der Waals surface area contributed by atoms with Gasteiger partial charge in [0.05, 0.1) is 11.4 Å². The summed E-state index contributed by atoms with van der Waals surface area (Å²) in [5.41, 5.74) is 0. The number of hydrogen-bond acceptors (Lipinski definition) is 4. The van der Waals surface area contributed by atoms with Crippen LogP contribution in [0, 0.1) is 5.92 Å². The van der Waals surface area contributed by atoms with E-state index in [2.05, 4.69) is 6.07 Å². The van der Waals surface area contributed by atoms with E-state index in [-0.39, 0.29) is 11.8 Å². The Hall–Kier alpha value is -2.22. The van der Waals surface area contributed by atoms with Gasteiger partial charge in [0.2, 0.25) is 15.9 Å². The van der Waals surface area contributed by atoms with E-state index in [9.17, 15) is 13.2 Å². The van der Waals surface area contributed by atoms with Crippen molar-refractivity contribution >= 4 is 38.0 Å². The Balaban J connectivity index is 1.27. The number of piperidine rings is 1.